The number of hydrogen-bond acceptors (Lipinski definition) is 5. The van der Waals surface area contributed by atoms with Crippen LogP contribution in [0.3, 0.4) is 0 Å². The highest BCUT2D eigenvalue weighted by atomic mass is 16.6. The lowest BCUT2D eigenvalue weighted by Crippen LogP contribution is -2.11. The van der Waals surface area contributed by atoms with Crippen LogP contribution in [-0.2, 0) is 6.54 Å². The van der Waals surface area contributed by atoms with Crippen LogP contribution >= 0.6 is 0 Å². The van der Waals surface area contributed by atoms with E-state index in [0.717, 1.165) is 11.6 Å². The minimum atomic E-state index is -0.651. The minimum Gasteiger partial charge on any atom is -0.358 e. The second kappa shape index (κ2) is 6.10. The number of amides is 1. The topological polar surface area (TPSA) is 119 Å². The fourth-order valence-corrected chi connectivity index (χ4v) is 2.00. The van der Waals surface area contributed by atoms with Crippen molar-refractivity contribution in [2.45, 2.75) is 6.54 Å². The lowest BCUT2D eigenvalue weighted by atomic mass is 10.2. The van der Waals surface area contributed by atoms with Crippen LogP contribution in [0.15, 0.2) is 48.8 Å². The average molecular weight is 312 g/mol. The Morgan fingerprint density at radius 2 is 2.13 bits per heavy atom. The number of nitro groups is 1. The third-order valence-electron chi connectivity index (χ3n) is 3.07. The van der Waals surface area contributed by atoms with Crippen LogP contribution in [0, 0.1) is 10.1 Å². The van der Waals surface area contributed by atoms with Gasteiger partial charge in [0.2, 0.25) is 0 Å². The number of anilines is 1. The van der Waals surface area contributed by atoms with Gasteiger partial charge in [-0.1, -0.05) is 35.4 Å². The second-order valence-electron chi connectivity index (χ2n) is 4.76. The molecule has 2 N–H and O–H groups in total. The molecule has 23 heavy (non-hydrogen) atoms. The lowest BCUT2D eigenvalue weighted by molar-refractivity contribution is -0.389. The zero-order valence-corrected chi connectivity index (χ0v) is 11.8. The van der Waals surface area contributed by atoms with E-state index in [4.69, 9.17) is 0 Å². The fourth-order valence-electron chi connectivity index (χ4n) is 2.00. The SMILES string of the molecule is O=C(Nc1cnn(Cc2ccccc2)c1)c1cc([N+](=O)[O-])[nH]n1. The summed E-state index contributed by atoms with van der Waals surface area (Å²) in [5.74, 6) is -0.886. The number of hydrogen-bond donors (Lipinski definition) is 2. The van der Waals surface area contributed by atoms with E-state index in [1.165, 1.54) is 6.20 Å². The predicted molar refractivity (Wildman–Crippen MR) is 81.0 cm³/mol. The molecule has 0 bridgehead atoms. The molecule has 0 spiro atoms. The molecule has 3 aromatic rings. The normalized spacial score (nSPS) is 10.4. The van der Waals surface area contributed by atoms with Gasteiger partial charge < -0.3 is 15.4 Å². The largest absolute Gasteiger partial charge is 0.358 e. The van der Waals surface area contributed by atoms with Gasteiger partial charge in [-0.15, -0.1) is 5.10 Å². The molecule has 0 aliphatic rings. The zero-order valence-electron chi connectivity index (χ0n) is 11.8. The third-order valence-corrected chi connectivity index (χ3v) is 3.07. The lowest BCUT2D eigenvalue weighted by Gasteiger charge is -2.01. The first-order valence-electron chi connectivity index (χ1n) is 6.69. The average Bonchev–Trinajstić information content (AvgIpc) is 3.18. The van der Waals surface area contributed by atoms with Gasteiger partial charge in [-0.3, -0.25) is 9.48 Å². The van der Waals surface area contributed by atoms with Gasteiger partial charge in [-0.05, 0) is 10.5 Å². The molecule has 3 rings (SSSR count). The summed E-state index contributed by atoms with van der Waals surface area (Å²) in [5.41, 5.74) is 1.50. The number of nitrogens with one attached hydrogen (secondary N) is 2. The van der Waals surface area contributed by atoms with Gasteiger partial charge in [0.25, 0.3) is 5.91 Å². The summed E-state index contributed by atoms with van der Waals surface area (Å²) in [6.07, 6.45) is 3.17. The van der Waals surface area contributed by atoms with Gasteiger partial charge in [0.05, 0.1) is 24.5 Å². The van der Waals surface area contributed by atoms with Gasteiger partial charge in [-0.25, -0.2) is 0 Å². The summed E-state index contributed by atoms with van der Waals surface area (Å²) in [6.45, 7) is 0.574. The maximum absolute atomic E-state index is 12.0. The Bertz CT molecular complexity index is 839. The number of nitrogens with zero attached hydrogens (tertiary/aromatic N) is 4. The van der Waals surface area contributed by atoms with Crippen LogP contribution in [0.4, 0.5) is 11.5 Å². The van der Waals surface area contributed by atoms with Crippen LogP contribution in [-0.4, -0.2) is 30.8 Å². The molecular weight excluding hydrogens is 300 g/mol. The van der Waals surface area contributed by atoms with Crippen molar-refractivity contribution in [2.75, 3.05) is 5.32 Å². The highest BCUT2D eigenvalue weighted by Gasteiger charge is 2.17. The molecule has 0 unspecified atom stereocenters. The second-order valence-corrected chi connectivity index (χ2v) is 4.76. The van der Waals surface area contributed by atoms with E-state index in [1.54, 1.807) is 10.9 Å². The number of aromatic nitrogens is 4. The fraction of sp³-hybridized carbons (Fsp3) is 0.0714. The maximum atomic E-state index is 12.0. The molecule has 9 nitrogen and oxygen atoms in total. The molecule has 9 heteroatoms. The molecule has 116 valence electrons. The number of carbonyl (C=O) groups is 1. The molecule has 0 saturated heterocycles. The molecule has 0 aliphatic heterocycles. The molecule has 2 heterocycles. The van der Waals surface area contributed by atoms with Crippen molar-refractivity contribution >= 4 is 17.4 Å². The van der Waals surface area contributed by atoms with Crippen molar-refractivity contribution in [3.8, 4) is 0 Å². The van der Waals surface area contributed by atoms with Crippen LogP contribution in [0.1, 0.15) is 16.1 Å². The maximum Gasteiger partial charge on any atom is 0.343 e. The summed E-state index contributed by atoms with van der Waals surface area (Å²) in [4.78, 5) is 21.9. The number of rotatable bonds is 5. The Kier molecular flexibility index (Phi) is 3.83. The smallest absolute Gasteiger partial charge is 0.343 e. The number of carbonyl (C=O) groups excluding carboxylic acids is 1. The monoisotopic (exact) mass is 312 g/mol. The molecule has 0 atom stereocenters. The number of aromatic amines is 1. The Morgan fingerprint density at radius 1 is 1.35 bits per heavy atom. The standard InChI is InChI=1S/C14H12N6O3/c21-14(12-6-13(18-17-12)20(22)23)16-11-7-15-19(9-11)8-10-4-2-1-3-5-10/h1-7,9H,8H2,(H,16,21)(H,17,18). The minimum absolute atomic E-state index is 0.0625. The summed E-state index contributed by atoms with van der Waals surface area (Å²) in [7, 11) is 0. The van der Waals surface area contributed by atoms with Gasteiger partial charge in [0.15, 0.2) is 5.69 Å². The van der Waals surface area contributed by atoms with Crippen molar-refractivity contribution in [3.63, 3.8) is 0 Å². The van der Waals surface area contributed by atoms with E-state index < -0.39 is 10.8 Å². The third kappa shape index (κ3) is 3.40. The van der Waals surface area contributed by atoms with Gasteiger partial charge in [0.1, 0.15) is 0 Å². The molecule has 0 fully saturated rings. The van der Waals surface area contributed by atoms with E-state index in [1.807, 2.05) is 30.3 Å². The van der Waals surface area contributed by atoms with E-state index in [0.29, 0.717) is 12.2 Å². The van der Waals surface area contributed by atoms with Crippen molar-refractivity contribution in [1.82, 2.24) is 20.0 Å². The Hall–Kier alpha value is -3.49. The highest BCUT2D eigenvalue weighted by Crippen LogP contribution is 2.12. The Morgan fingerprint density at radius 3 is 2.83 bits per heavy atom. The van der Waals surface area contributed by atoms with E-state index in [-0.39, 0.29) is 11.5 Å². The molecule has 1 amide bonds. The molecule has 0 aliphatic carbocycles. The van der Waals surface area contributed by atoms with Gasteiger partial charge in [-0.2, -0.15) is 5.10 Å². The van der Waals surface area contributed by atoms with Crippen molar-refractivity contribution in [1.29, 1.82) is 0 Å². The summed E-state index contributed by atoms with van der Waals surface area (Å²) in [6, 6.07) is 10.8. The number of H-pyrrole nitrogens is 1. The first-order valence-corrected chi connectivity index (χ1v) is 6.69. The Labute approximate surface area is 130 Å². The molecule has 1 aromatic carbocycles. The highest BCUT2D eigenvalue weighted by molar-refractivity contribution is 6.02. The van der Waals surface area contributed by atoms with Crippen molar-refractivity contribution < 1.29 is 9.72 Å². The van der Waals surface area contributed by atoms with Crippen LogP contribution in [0.2, 0.25) is 0 Å². The molecule has 2 aromatic heterocycles. The van der Waals surface area contributed by atoms with E-state index in [9.17, 15) is 14.9 Å². The first-order chi connectivity index (χ1) is 11.1. The zero-order chi connectivity index (χ0) is 16.2. The predicted octanol–water partition coefficient (Wildman–Crippen LogP) is 1.81. The summed E-state index contributed by atoms with van der Waals surface area (Å²) < 4.78 is 1.68. The van der Waals surface area contributed by atoms with Gasteiger partial charge >= 0.3 is 5.82 Å². The Balaban J connectivity index is 1.66. The van der Waals surface area contributed by atoms with Crippen LogP contribution in [0.5, 0.6) is 0 Å². The van der Waals surface area contributed by atoms with Crippen molar-refractivity contribution in [2.24, 2.45) is 0 Å². The summed E-state index contributed by atoms with van der Waals surface area (Å²) >= 11 is 0. The summed E-state index contributed by atoms with van der Waals surface area (Å²) in [5, 5.41) is 23.1. The molecule has 0 saturated carbocycles. The number of benzene rings is 1. The van der Waals surface area contributed by atoms with Crippen LogP contribution < -0.4 is 5.32 Å². The van der Waals surface area contributed by atoms with Crippen molar-refractivity contribution in [3.05, 3.63) is 70.2 Å². The van der Waals surface area contributed by atoms with Gasteiger partial charge in [0, 0.05) is 6.20 Å². The molecule has 0 radical (unpaired) electrons. The van der Waals surface area contributed by atoms with E-state index in [2.05, 4.69) is 20.6 Å². The van der Waals surface area contributed by atoms with Crippen LogP contribution in [0.25, 0.3) is 0 Å². The molecular formula is C14H12N6O3. The van der Waals surface area contributed by atoms with E-state index >= 15 is 0 Å². The first kappa shape index (κ1) is 14.4. The quantitative estimate of drug-likeness (QED) is 0.550.